The lowest BCUT2D eigenvalue weighted by atomic mass is 10.2. The summed E-state index contributed by atoms with van der Waals surface area (Å²) < 4.78 is 16.9. The van der Waals surface area contributed by atoms with Crippen molar-refractivity contribution in [2.45, 2.75) is 6.54 Å². The average molecular weight is 355 g/mol. The van der Waals surface area contributed by atoms with Gasteiger partial charge in [0.05, 0.1) is 34.4 Å². The summed E-state index contributed by atoms with van der Waals surface area (Å²) in [4.78, 5) is 16.7. The molecule has 4 aromatic rings. The van der Waals surface area contributed by atoms with Crippen LogP contribution in [0.1, 0.15) is 5.56 Å². The van der Waals surface area contributed by atoms with Gasteiger partial charge in [-0.15, -0.1) is 0 Å². The first-order valence-corrected chi connectivity index (χ1v) is 7.93. The van der Waals surface area contributed by atoms with Crippen LogP contribution in [0.25, 0.3) is 16.6 Å². The number of fused-ring (bicyclic) bond motifs is 1. The van der Waals surface area contributed by atoms with E-state index in [4.69, 9.17) is 11.6 Å². The standard InChI is InChI=1S/C18H12ClFN4O/c19-14-10-21-7-5-17(14)23-8-6-16-13(18(23)25)9-22-24(16)11-12-3-1-2-4-15(12)20/h1-10H,11H2. The van der Waals surface area contributed by atoms with Crippen LogP contribution in [0.2, 0.25) is 5.02 Å². The molecule has 0 atom stereocenters. The van der Waals surface area contributed by atoms with Crippen LogP contribution >= 0.6 is 11.6 Å². The molecular weight excluding hydrogens is 343 g/mol. The van der Waals surface area contributed by atoms with E-state index in [2.05, 4.69) is 10.1 Å². The minimum Gasteiger partial charge on any atom is -0.282 e. The minimum atomic E-state index is -0.303. The third kappa shape index (κ3) is 2.70. The molecule has 0 aliphatic carbocycles. The van der Waals surface area contributed by atoms with E-state index < -0.39 is 0 Å². The number of hydrogen-bond donors (Lipinski definition) is 0. The summed E-state index contributed by atoms with van der Waals surface area (Å²) in [5, 5.41) is 5.06. The van der Waals surface area contributed by atoms with Crippen LogP contribution in [0.15, 0.2) is 66.0 Å². The van der Waals surface area contributed by atoms with Crippen molar-refractivity contribution in [2.24, 2.45) is 0 Å². The number of nitrogens with zero attached hydrogens (tertiary/aromatic N) is 4. The molecule has 25 heavy (non-hydrogen) atoms. The van der Waals surface area contributed by atoms with E-state index in [1.54, 1.807) is 47.4 Å². The van der Waals surface area contributed by atoms with Gasteiger partial charge in [-0.1, -0.05) is 29.8 Å². The van der Waals surface area contributed by atoms with Crippen LogP contribution in [0.3, 0.4) is 0 Å². The Morgan fingerprint density at radius 2 is 1.96 bits per heavy atom. The fourth-order valence-corrected chi connectivity index (χ4v) is 2.96. The molecule has 0 saturated heterocycles. The zero-order valence-electron chi connectivity index (χ0n) is 12.9. The second kappa shape index (κ2) is 6.14. The first-order chi connectivity index (χ1) is 12.1. The maximum Gasteiger partial charge on any atom is 0.266 e. The summed E-state index contributed by atoms with van der Waals surface area (Å²) in [6.07, 6.45) is 6.17. The fraction of sp³-hybridized carbons (Fsp3) is 0.0556. The van der Waals surface area contributed by atoms with Gasteiger partial charge in [0.15, 0.2) is 0 Å². The van der Waals surface area contributed by atoms with Crippen LogP contribution in [0.5, 0.6) is 0 Å². The van der Waals surface area contributed by atoms with E-state index >= 15 is 0 Å². The number of aromatic nitrogens is 4. The molecule has 4 rings (SSSR count). The van der Waals surface area contributed by atoms with Crippen molar-refractivity contribution in [3.05, 3.63) is 87.9 Å². The first kappa shape index (κ1) is 15.5. The highest BCUT2D eigenvalue weighted by Gasteiger charge is 2.12. The van der Waals surface area contributed by atoms with Crippen LogP contribution in [-0.4, -0.2) is 19.3 Å². The topological polar surface area (TPSA) is 52.7 Å². The van der Waals surface area contributed by atoms with Gasteiger partial charge in [0, 0.05) is 24.2 Å². The van der Waals surface area contributed by atoms with Crippen LogP contribution < -0.4 is 5.56 Å². The fourth-order valence-electron chi connectivity index (χ4n) is 2.74. The summed E-state index contributed by atoms with van der Waals surface area (Å²) in [6, 6.07) is 9.93. The van der Waals surface area contributed by atoms with Gasteiger partial charge in [-0.05, 0) is 18.2 Å². The summed E-state index contributed by atoms with van der Waals surface area (Å²) in [5.74, 6) is -0.303. The highest BCUT2D eigenvalue weighted by atomic mass is 35.5. The molecule has 0 fully saturated rings. The second-order valence-corrected chi connectivity index (χ2v) is 5.92. The van der Waals surface area contributed by atoms with Crippen molar-refractivity contribution in [3.8, 4) is 5.69 Å². The van der Waals surface area contributed by atoms with E-state index in [0.717, 1.165) is 0 Å². The summed E-state index contributed by atoms with van der Waals surface area (Å²) in [6.45, 7) is 0.246. The molecule has 0 aliphatic heterocycles. The molecule has 0 unspecified atom stereocenters. The zero-order chi connectivity index (χ0) is 17.4. The number of halogens is 2. The largest absolute Gasteiger partial charge is 0.282 e. The molecule has 0 radical (unpaired) electrons. The van der Waals surface area contributed by atoms with Crippen LogP contribution in [-0.2, 0) is 6.54 Å². The van der Waals surface area contributed by atoms with Gasteiger partial charge < -0.3 is 0 Å². The van der Waals surface area contributed by atoms with Gasteiger partial charge in [0.25, 0.3) is 5.56 Å². The average Bonchev–Trinajstić information content (AvgIpc) is 3.02. The lowest BCUT2D eigenvalue weighted by molar-refractivity contribution is 0.590. The highest BCUT2D eigenvalue weighted by molar-refractivity contribution is 6.32. The Morgan fingerprint density at radius 3 is 2.76 bits per heavy atom. The molecule has 3 aromatic heterocycles. The van der Waals surface area contributed by atoms with Gasteiger partial charge >= 0.3 is 0 Å². The lowest BCUT2D eigenvalue weighted by Crippen LogP contribution is -2.18. The predicted molar refractivity (Wildman–Crippen MR) is 93.6 cm³/mol. The molecule has 0 N–H and O–H groups in total. The quantitative estimate of drug-likeness (QED) is 0.566. The number of benzene rings is 1. The van der Waals surface area contributed by atoms with E-state index in [1.807, 2.05) is 0 Å². The Bertz CT molecular complexity index is 1140. The number of rotatable bonds is 3. The van der Waals surface area contributed by atoms with Crippen molar-refractivity contribution >= 4 is 22.5 Å². The van der Waals surface area contributed by atoms with Crippen LogP contribution in [0, 0.1) is 5.82 Å². The Labute approximate surface area is 146 Å². The zero-order valence-corrected chi connectivity index (χ0v) is 13.7. The maximum absolute atomic E-state index is 13.9. The number of hydrogen-bond acceptors (Lipinski definition) is 3. The molecule has 0 bridgehead atoms. The molecule has 3 heterocycles. The van der Waals surface area contributed by atoms with Crippen molar-refractivity contribution in [1.29, 1.82) is 0 Å². The first-order valence-electron chi connectivity index (χ1n) is 7.55. The van der Waals surface area contributed by atoms with Gasteiger partial charge in [0.1, 0.15) is 5.82 Å². The van der Waals surface area contributed by atoms with E-state index in [9.17, 15) is 9.18 Å². The van der Waals surface area contributed by atoms with Crippen molar-refractivity contribution in [3.63, 3.8) is 0 Å². The smallest absolute Gasteiger partial charge is 0.266 e. The second-order valence-electron chi connectivity index (χ2n) is 5.51. The summed E-state index contributed by atoms with van der Waals surface area (Å²) in [7, 11) is 0. The van der Waals surface area contributed by atoms with E-state index in [1.165, 1.54) is 23.0 Å². The summed E-state index contributed by atoms with van der Waals surface area (Å²) >= 11 is 6.13. The lowest BCUT2D eigenvalue weighted by Gasteiger charge is -2.08. The Hall–Kier alpha value is -2.99. The van der Waals surface area contributed by atoms with Gasteiger partial charge in [-0.2, -0.15) is 5.10 Å². The molecule has 0 spiro atoms. The van der Waals surface area contributed by atoms with E-state index in [-0.39, 0.29) is 17.9 Å². The molecule has 124 valence electrons. The molecule has 0 saturated carbocycles. The molecule has 0 amide bonds. The Kier molecular flexibility index (Phi) is 3.82. The molecule has 7 heteroatoms. The normalized spacial score (nSPS) is 11.1. The van der Waals surface area contributed by atoms with Crippen LogP contribution in [0.4, 0.5) is 4.39 Å². The van der Waals surface area contributed by atoms with Gasteiger partial charge in [-0.3, -0.25) is 19.0 Å². The molecule has 5 nitrogen and oxygen atoms in total. The summed E-state index contributed by atoms with van der Waals surface area (Å²) in [5.41, 5.74) is 1.44. The molecule has 0 aliphatic rings. The number of pyridine rings is 2. The third-order valence-corrected chi connectivity index (χ3v) is 4.29. The van der Waals surface area contributed by atoms with Gasteiger partial charge in [-0.25, -0.2) is 4.39 Å². The molecule has 1 aromatic carbocycles. The third-order valence-electron chi connectivity index (χ3n) is 4.00. The molecular formula is C18H12ClFN4O. The Balaban J connectivity index is 1.82. The maximum atomic E-state index is 13.9. The van der Waals surface area contributed by atoms with Crippen molar-refractivity contribution in [1.82, 2.24) is 19.3 Å². The SMILES string of the molecule is O=c1c2cnn(Cc3ccccc3F)c2ccn1-c1ccncc1Cl. The predicted octanol–water partition coefficient (Wildman–Crippen LogP) is 3.42. The van der Waals surface area contributed by atoms with Crippen molar-refractivity contribution in [2.75, 3.05) is 0 Å². The minimum absolute atomic E-state index is 0.245. The van der Waals surface area contributed by atoms with Gasteiger partial charge in [0.2, 0.25) is 0 Å². The Morgan fingerprint density at radius 1 is 1.12 bits per heavy atom. The monoisotopic (exact) mass is 354 g/mol. The van der Waals surface area contributed by atoms with Crippen molar-refractivity contribution < 1.29 is 4.39 Å². The highest BCUT2D eigenvalue weighted by Crippen LogP contribution is 2.19. The van der Waals surface area contributed by atoms with E-state index in [0.29, 0.717) is 27.2 Å².